The topological polar surface area (TPSA) is 84.0 Å². The van der Waals surface area contributed by atoms with Crippen LogP contribution in [0.25, 0.3) is 0 Å². The highest BCUT2D eigenvalue weighted by Gasteiger charge is 2.32. The molecule has 1 aliphatic rings. The van der Waals surface area contributed by atoms with Crippen molar-refractivity contribution in [3.63, 3.8) is 0 Å². The SMILES string of the molecule is CCN(CCC(=O)OC)CC(=O)N(C)C1CCS(=O)(=O)C1. The summed E-state index contributed by atoms with van der Waals surface area (Å²) in [4.78, 5) is 26.7. The van der Waals surface area contributed by atoms with E-state index in [4.69, 9.17) is 0 Å². The van der Waals surface area contributed by atoms with Crippen molar-refractivity contribution >= 4 is 21.7 Å². The Labute approximate surface area is 126 Å². The van der Waals surface area contributed by atoms with E-state index >= 15 is 0 Å². The maximum Gasteiger partial charge on any atom is 0.306 e. The van der Waals surface area contributed by atoms with Crippen LogP contribution in [0.15, 0.2) is 0 Å². The zero-order chi connectivity index (χ0) is 16.0. The van der Waals surface area contributed by atoms with Gasteiger partial charge in [-0.2, -0.15) is 0 Å². The smallest absolute Gasteiger partial charge is 0.306 e. The molecule has 0 saturated carbocycles. The average molecular weight is 320 g/mol. The first kappa shape index (κ1) is 17.9. The van der Waals surface area contributed by atoms with Gasteiger partial charge >= 0.3 is 5.97 Å². The van der Waals surface area contributed by atoms with Crippen LogP contribution in [0.3, 0.4) is 0 Å². The Morgan fingerprint density at radius 1 is 1.33 bits per heavy atom. The van der Waals surface area contributed by atoms with Crippen LogP contribution in [-0.4, -0.2) is 81.4 Å². The number of nitrogens with zero attached hydrogens (tertiary/aromatic N) is 2. The Kier molecular flexibility index (Phi) is 6.60. The molecule has 7 nitrogen and oxygen atoms in total. The van der Waals surface area contributed by atoms with Gasteiger partial charge in [0, 0.05) is 19.6 Å². The summed E-state index contributed by atoms with van der Waals surface area (Å²) in [7, 11) is -0.0293. The summed E-state index contributed by atoms with van der Waals surface area (Å²) in [5.41, 5.74) is 0. The van der Waals surface area contributed by atoms with Gasteiger partial charge in [0.15, 0.2) is 9.84 Å². The lowest BCUT2D eigenvalue weighted by Gasteiger charge is -2.27. The van der Waals surface area contributed by atoms with E-state index in [2.05, 4.69) is 4.74 Å². The molecule has 0 radical (unpaired) electrons. The quantitative estimate of drug-likeness (QED) is 0.589. The Balaban J connectivity index is 2.48. The summed E-state index contributed by atoms with van der Waals surface area (Å²) in [6, 6.07) is -0.234. The number of likely N-dealkylation sites (N-methyl/N-ethyl adjacent to an activating group) is 2. The van der Waals surface area contributed by atoms with E-state index in [1.807, 2.05) is 11.8 Å². The van der Waals surface area contributed by atoms with E-state index in [-0.39, 0.29) is 42.4 Å². The number of rotatable bonds is 7. The fourth-order valence-corrected chi connectivity index (χ4v) is 4.06. The molecule has 0 aromatic carbocycles. The lowest BCUT2D eigenvalue weighted by Crippen LogP contribution is -2.44. The van der Waals surface area contributed by atoms with Gasteiger partial charge in [-0.25, -0.2) is 8.42 Å². The molecule has 1 saturated heterocycles. The van der Waals surface area contributed by atoms with Gasteiger partial charge in [-0.05, 0) is 13.0 Å². The van der Waals surface area contributed by atoms with E-state index in [1.54, 1.807) is 7.05 Å². The number of carbonyl (C=O) groups excluding carboxylic acids is 2. The van der Waals surface area contributed by atoms with Gasteiger partial charge in [0.1, 0.15) is 0 Å². The molecule has 0 N–H and O–H groups in total. The zero-order valence-electron chi connectivity index (χ0n) is 12.9. The first-order chi connectivity index (χ1) is 9.79. The van der Waals surface area contributed by atoms with Crippen LogP contribution < -0.4 is 0 Å². The van der Waals surface area contributed by atoms with Crippen LogP contribution in [0, 0.1) is 0 Å². The van der Waals surface area contributed by atoms with Crippen molar-refractivity contribution in [2.45, 2.75) is 25.8 Å². The Bertz CT molecular complexity index is 477. The predicted octanol–water partition coefficient (Wildman–Crippen LogP) is -0.483. The molecule has 0 spiro atoms. The third-order valence-corrected chi connectivity index (χ3v) is 5.57. The number of hydrogen-bond acceptors (Lipinski definition) is 6. The van der Waals surface area contributed by atoms with E-state index in [0.29, 0.717) is 19.5 Å². The van der Waals surface area contributed by atoms with Crippen LogP contribution >= 0.6 is 0 Å². The van der Waals surface area contributed by atoms with Crippen LogP contribution in [0.4, 0.5) is 0 Å². The number of carbonyl (C=O) groups is 2. The fourth-order valence-electron chi connectivity index (χ4n) is 2.29. The maximum absolute atomic E-state index is 12.2. The summed E-state index contributed by atoms with van der Waals surface area (Å²) < 4.78 is 27.5. The molecule has 0 aromatic rings. The van der Waals surface area contributed by atoms with Crippen molar-refractivity contribution in [1.29, 1.82) is 0 Å². The Morgan fingerprint density at radius 3 is 2.48 bits per heavy atom. The molecule has 1 atom stereocenters. The van der Waals surface area contributed by atoms with Crippen molar-refractivity contribution in [2.75, 3.05) is 45.3 Å². The average Bonchev–Trinajstić information content (AvgIpc) is 2.81. The monoisotopic (exact) mass is 320 g/mol. The summed E-state index contributed by atoms with van der Waals surface area (Å²) in [6.45, 7) is 3.18. The summed E-state index contributed by atoms with van der Waals surface area (Å²) >= 11 is 0. The number of hydrogen-bond donors (Lipinski definition) is 0. The third-order valence-electron chi connectivity index (χ3n) is 3.82. The van der Waals surface area contributed by atoms with E-state index in [0.717, 1.165) is 0 Å². The second-order valence-corrected chi connectivity index (χ2v) is 7.49. The molecular formula is C13H24N2O5S. The van der Waals surface area contributed by atoms with E-state index in [1.165, 1.54) is 12.0 Å². The summed E-state index contributed by atoms with van der Waals surface area (Å²) in [5, 5.41) is 0. The minimum absolute atomic E-state index is 0.0452. The maximum atomic E-state index is 12.2. The van der Waals surface area contributed by atoms with Gasteiger partial charge in [-0.15, -0.1) is 0 Å². The number of methoxy groups -OCH3 is 1. The zero-order valence-corrected chi connectivity index (χ0v) is 13.7. The van der Waals surface area contributed by atoms with Crippen LogP contribution in [-0.2, 0) is 24.2 Å². The minimum Gasteiger partial charge on any atom is -0.469 e. The standard InChI is InChI=1S/C13H24N2O5S/c1-4-15(7-5-13(17)20-3)9-12(16)14(2)11-6-8-21(18,19)10-11/h11H,4-10H2,1-3H3. The molecule has 0 aliphatic carbocycles. The second-order valence-electron chi connectivity index (χ2n) is 5.26. The fraction of sp³-hybridized carbons (Fsp3) is 0.846. The van der Waals surface area contributed by atoms with Crippen molar-refractivity contribution in [3.8, 4) is 0 Å². The molecular weight excluding hydrogens is 296 g/mol. The van der Waals surface area contributed by atoms with Gasteiger partial charge in [-0.1, -0.05) is 6.92 Å². The molecule has 1 rings (SSSR count). The molecule has 0 aromatic heterocycles. The van der Waals surface area contributed by atoms with Crippen LogP contribution in [0.5, 0.6) is 0 Å². The minimum atomic E-state index is -3.00. The lowest BCUT2D eigenvalue weighted by molar-refractivity contribution is -0.141. The summed E-state index contributed by atoms with van der Waals surface area (Å²) in [6.07, 6.45) is 0.734. The first-order valence-corrected chi connectivity index (χ1v) is 8.86. The van der Waals surface area contributed by atoms with Gasteiger partial charge in [-0.3, -0.25) is 14.5 Å². The number of ether oxygens (including phenoxy) is 1. The first-order valence-electron chi connectivity index (χ1n) is 7.04. The molecule has 122 valence electrons. The number of esters is 1. The van der Waals surface area contributed by atoms with Crippen LogP contribution in [0.1, 0.15) is 19.8 Å². The predicted molar refractivity (Wildman–Crippen MR) is 78.6 cm³/mol. The van der Waals surface area contributed by atoms with Crippen molar-refractivity contribution in [3.05, 3.63) is 0 Å². The Morgan fingerprint density at radius 2 is 2.00 bits per heavy atom. The number of amides is 1. The molecule has 1 amide bonds. The van der Waals surface area contributed by atoms with Gasteiger partial charge < -0.3 is 9.64 Å². The van der Waals surface area contributed by atoms with Gasteiger partial charge in [0.25, 0.3) is 0 Å². The van der Waals surface area contributed by atoms with E-state index in [9.17, 15) is 18.0 Å². The summed E-state index contributed by atoms with van der Waals surface area (Å²) in [5.74, 6) is -0.237. The van der Waals surface area contributed by atoms with Crippen molar-refractivity contribution in [2.24, 2.45) is 0 Å². The second kappa shape index (κ2) is 7.74. The highest BCUT2D eigenvalue weighted by Crippen LogP contribution is 2.16. The molecule has 1 heterocycles. The molecule has 1 unspecified atom stereocenters. The van der Waals surface area contributed by atoms with Crippen molar-refractivity contribution < 1.29 is 22.7 Å². The van der Waals surface area contributed by atoms with Crippen LogP contribution in [0.2, 0.25) is 0 Å². The van der Waals surface area contributed by atoms with E-state index < -0.39 is 9.84 Å². The largest absolute Gasteiger partial charge is 0.469 e. The highest BCUT2D eigenvalue weighted by atomic mass is 32.2. The van der Waals surface area contributed by atoms with Gasteiger partial charge in [0.2, 0.25) is 5.91 Å². The lowest BCUT2D eigenvalue weighted by atomic mass is 10.2. The van der Waals surface area contributed by atoms with Crippen molar-refractivity contribution in [1.82, 2.24) is 9.80 Å². The van der Waals surface area contributed by atoms with Gasteiger partial charge in [0.05, 0.1) is 31.6 Å². The normalized spacial score (nSPS) is 20.5. The third kappa shape index (κ3) is 5.62. The molecule has 8 heteroatoms. The highest BCUT2D eigenvalue weighted by molar-refractivity contribution is 7.91. The molecule has 0 bridgehead atoms. The molecule has 1 aliphatic heterocycles. The number of sulfone groups is 1. The molecule has 21 heavy (non-hydrogen) atoms. The molecule has 1 fully saturated rings. The Hall–Kier alpha value is -1.15.